The van der Waals surface area contributed by atoms with Gasteiger partial charge < -0.3 is 15.4 Å². The van der Waals surface area contributed by atoms with E-state index in [0.717, 1.165) is 24.9 Å². The molecule has 0 radical (unpaired) electrons. The van der Waals surface area contributed by atoms with Gasteiger partial charge in [-0.3, -0.25) is 0 Å². The molecule has 2 N–H and O–H groups in total. The van der Waals surface area contributed by atoms with Crippen molar-refractivity contribution in [2.24, 2.45) is 0 Å². The second kappa shape index (κ2) is 9.61. The molecule has 2 heterocycles. The van der Waals surface area contributed by atoms with Gasteiger partial charge in [0.15, 0.2) is 0 Å². The number of benzene rings is 2. The lowest BCUT2D eigenvalue weighted by molar-refractivity contribution is -0.146. The third-order valence-electron chi connectivity index (χ3n) is 5.39. The van der Waals surface area contributed by atoms with Crippen molar-refractivity contribution in [1.82, 2.24) is 30.8 Å². The number of rotatable bonds is 7. The van der Waals surface area contributed by atoms with Crippen LogP contribution in [0.15, 0.2) is 48.5 Å². The van der Waals surface area contributed by atoms with Gasteiger partial charge in [0.1, 0.15) is 5.75 Å². The minimum atomic E-state index is -4.72. The van der Waals surface area contributed by atoms with Gasteiger partial charge in [-0.2, -0.15) is 17.9 Å². The molecule has 11 heteroatoms. The summed E-state index contributed by atoms with van der Waals surface area (Å²) in [6.45, 7) is 0.105. The van der Waals surface area contributed by atoms with Crippen molar-refractivity contribution in [1.29, 1.82) is 0 Å². The molecule has 0 saturated carbocycles. The van der Waals surface area contributed by atoms with Crippen LogP contribution < -0.4 is 15.4 Å². The normalized spacial score (nSPS) is 19.1. The quantitative estimate of drug-likeness (QED) is 0.536. The minimum absolute atomic E-state index is 0.0757. The third-order valence-corrected chi connectivity index (χ3v) is 5.39. The van der Waals surface area contributed by atoms with Crippen molar-refractivity contribution in [3.05, 3.63) is 65.5 Å². The van der Waals surface area contributed by atoms with Crippen LogP contribution in [0.4, 0.5) is 17.6 Å². The van der Waals surface area contributed by atoms with Crippen LogP contribution in [0.1, 0.15) is 35.8 Å². The molecule has 1 aliphatic rings. The second-order valence-electron chi connectivity index (χ2n) is 7.43. The Hall–Kier alpha value is -3.05. The van der Waals surface area contributed by atoms with Gasteiger partial charge in [0, 0.05) is 24.2 Å². The number of alkyl halides is 4. The van der Waals surface area contributed by atoms with E-state index in [9.17, 15) is 17.6 Å². The number of nitrogens with zero attached hydrogens (tertiary/aromatic N) is 4. The third kappa shape index (κ3) is 4.89. The summed E-state index contributed by atoms with van der Waals surface area (Å²) in [6.07, 6.45) is -2.82. The molecule has 0 unspecified atom stereocenters. The summed E-state index contributed by atoms with van der Waals surface area (Å²) in [5, 5.41) is 16.6. The van der Waals surface area contributed by atoms with Crippen molar-refractivity contribution in [3.63, 3.8) is 0 Å². The number of tetrazole rings is 1. The van der Waals surface area contributed by atoms with Crippen molar-refractivity contribution in [2.75, 3.05) is 13.4 Å². The van der Waals surface area contributed by atoms with E-state index in [0.29, 0.717) is 10.2 Å². The molecule has 1 aliphatic heterocycles. The monoisotopic (exact) mass is 450 g/mol. The van der Waals surface area contributed by atoms with Crippen molar-refractivity contribution in [2.45, 2.75) is 37.6 Å². The van der Waals surface area contributed by atoms with Gasteiger partial charge in [0.05, 0.1) is 5.69 Å². The van der Waals surface area contributed by atoms with Crippen LogP contribution in [0.3, 0.4) is 0 Å². The Morgan fingerprint density at radius 3 is 2.72 bits per heavy atom. The highest BCUT2D eigenvalue weighted by Crippen LogP contribution is 2.30. The number of hydrogen-bond donors (Lipinski definition) is 2. The lowest BCUT2D eigenvalue weighted by atomic mass is 9.92. The highest BCUT2D eigenvalue weighted by Gasteiger charge is 2.38. The summed E-state index contributed by atoms with van der Waals surface area (Å²) in [4.78, 5) is 0. The zero-order valence-electron chi connectivity index (χ0n) is 17.0. The molecule has 1 aromatic heterocycles. The first-order chi connectivity index (χ1) is 15.5. The number of ether oxygens (including phenoxy) is 1. The topological polar surface area (TPSA) is 76.9 Å². The summed E-state index contributed by atoms with van der Waals surface area (Å²) in [5.74, 6) is -0.999. The summed E-state index contributed by atoms with van der Waals surface area (Å²) in [5.41, 5.74) is 1.75. The molecular formula is C21H22F4N6O. The van der Waals surface area contributed by atoms with Gasteiger partial charge in [-0.15, -0.1) is 5.10 Å². The maximum atomic E-state index is 13.2. The van der Waals surface area contributed by atoms with E-state index in [2.05, 4.69) is 26.2 Å². The summed E-state index contributed by atoms with van der Waals surface area (Å²) < 4.78 is 58.2. The first-order valence-electron chi connectivity index (χ1n) is 10.2. The molecule has 3 aromatic rings. The fourth-order valence-corrected chi connectivity index (χ4v) is 3.93. The maximum Gasteiger partial charge on any atom is 0.453 e. The van der Waals surface area contributed by atoms with Gasteiger partial charge in [0.25, 0.3) is 5.82 Å². The lowest BCUT2D eigenvalue weighted by Crippen LogP contribution is -2.45. The SMILES string of the molecule is FCOc1ccc(-n2nnnc2C(F)(F)F)cc1CN[C@H]1CCCN[C@H]1c1ccccc1. The molecule has 7 nitrogen and oxygen atoms in total. The summed E-state index contributed by atoms with van der Waals surface area (Å²) in [7, 11) is 0. The van der Waals surface area contributed by atoms with Gasteiger partial charge in [-0.1, -0.05) is 30.3 Å². The molecule has 32 heavy (non-hydrogen) atoms. The molecule has 4 rings (SSSR count). The fourth-order valence-electron chi connectivity index (χ4n) is 3.93. The highest BCUT2D eigenvalue weighted by atomic mass is 19.4. The number of nitrogens with one attached hydrogen (secondary N) is 2. The lowest BCUT2D eigenvalue weighted by Gasteiger charge is -2.34. The van der Waals surface area contributed by atoms with E-state index in [4.69, 9.17) is 4.74 Å². The summed E-state index contributed by atoms with van der Waals surface area (Å²) >= 11 is 0. The van der Waals surface area contributed by atoms with Crippen molar-refractivity contribution < 1.29 is 22.3 Å². The Bertz CT molecular complexity index is 1030. The van der Waals surface area contributed by atoms with Crippen molar-refractivity contribution >= 4 is 0 Å². The Kier molecular flexibility index (Phi) is 6.66. The largest absolute Gasteiger partial charge is 0.463 e. The van der Waals surface area contributed by atoms with Crippen LogP contribution in [-0.4, -0.2) is 39.7 Å². The molecule has 0 amide bonds. The van der Waals surface area contributed by atoms with Gasteiger partial charge in [-0.05, 0) is 53.6 Å². The van der Waals surface area contributed by atoms with E-state index in [1.165, 1.54) is 18.2 Å². The summed E-state index contributed by atoms with van der Waals surface area (Å²) in [6, 6.07) is 14.4. The van der Waals surface area contributed by atoms with Crippen LogP contribution in [-0.2, 0) is 12.7 Å². The first kappa shape index (κ1) is 22.2. The van der Waals surface area contributed by atoms with Crippen LogP contribution >= 0.6 is 0 Å². The molecule has 1 fully saturated rings. The molecule has 0 aliphatic carbocycles. The molecular weight excluding hydrogens is 428 g/mol. The highest BCUT2D eigenvalue weighted by molar-refractivity contribution is 5.44. The van der Waals surface area contributed by atoms with E-state index < -0.39 is 18.9 Å². The average Bonchev–Trinajstić information content (AvgIpc) is 3.30. The standard InChI is InChI=1S/C21H22F4N6O/c22-13-32-18-9-8-16(31-20(21(23,24)25)28-29-30-31)11-15(18)12-27-17-7-4-10-26-19(17)14-5-2-1-3-6-14/h1-3,5-6,8-9,11,17,19,26-27H,4,7,10,12-13H2/t17-,19-/m0/s1. The molecule has 2 aromatic carbocycles. The van der Waals surface area contributed by atoms with E-state index in [1.54, 1.807) is 0 Å². The average molecular weight is 450 g/mol. The number of hydrogen-bond acceptors (Lipinski definition) is 6. The van der Waals surface area contributed by atoms with Crippen LogP contribution in [0.5, 0.6) is 5.75 Å². The molecule has 0 bridgehead atoms. The zero-order valence-corrected chi connectivity index (χ0v) is 17.0. The van der Waals surface area contributed by atoms with Crippen LogP contribution in [0.25, 0.3) is 5.69 Å². The number of aromatic nitrogens is 4. The minimum Gasteiger partial charge on any atom is -0.463 e. The maximum absolute atomic E-state index is 13.2. The van der Waals surface area contributed by atoms with E-state index in [-0.39, 0.29) is 30.1 Å². The molecule has 2 atom stereocenters. The first-order valence-corrected chi connectivity index (χ1v) is 10.2. The van der Waals surface area contributed by atoms with E-state index in [1.807, 2.05) is 30.3 Å². The second-order valence-corrected chi connectivity index (χ2v) is 7.43. The smallest absolute Gasteiger partial charge is 0.453 e. The Morgan fingerprint density at radius 1 is 1.16 bits per heavy atom. The van der Waals surface area contributed by atoms with Gasteiger partial charge in [0.2, 0.25) is 6.86 Å². The van der Waals surface area contributed by atoms with Gasteiger partial charge in [-0.25, -0.2) is 4.39 Å². The molecule has 1 saturated heterocycles. The Morgan fingerprint density at radius 2 is 1.97 bits per heavy atom. The van der Waals surface area contributed by atoms with Crippen LogP contribution in [0.2, 0.25) is 0 Å². The Balaban J connectivity index is 1.58. The molecule has 170 valence electrons. The van der Waals surface area contributed by atoms with E-state index >= 15 is 0 Å². The molecule has 0 spiro atoms. The number of piperidine rings is 1. The van der Waals surface area contributed by atoms with Crippen LogP contribution in [0, 0.1) is 0 Å². The van der Waals surface area contributed by atoms with Crippen molar-refractivity contribution in [3.8, 4) is 11.4 Å². The van der Waals surface area contributed by atoms with Gasteiger partial charge >= 0.3 is 6.18 Å². The number of halogens is 4. The Labute approximate surface area is 181 Å². The zero-order chi connectivity index (χ0) is 22.6. The fraction of sp³-hybridized carbons (Fsp3) is 0.381. The predicted octanol–water partition coefficient (Wildman–Crippen LogP) is 3.57. The predicted molar refractivity (Wildman–Crippen MR) is 108 cm³/mol.